The SMILES string of the molecule is c1cc(-c2noc(COC[C@H]3CCCO3)n2)cs1. The maximum Gasteiger partial charge on any atom is 0.252 e. The molecule has 0 aliphatic carbocycles. The molecule has 96 valence electrons. The Kier molecular flexibility index (Phi) is 3.68. The summed E-state index contributed by atoms with van der Waals surface area (Å²) in [5.41, 5.74) is 0.981. The topological polar surface area (TPSA) is 57.4 Å². The van der Waals surface area contributed by atoms with Crippen molar-refractivity contribution >= 4 is 11.3 Å². The number of aromatic nitrogens is 2. The predicted octanol–water partition coefficient (Wildman–Crippen LogP) is 2.49. The molecule has 0 bridgehead atoms. The molecule has 2 aromatic heterocycles. The van der Waals surface area contributed by atoms with Crippen LogP contribution < -0.4 is 0 Å². The summed E-state index contributed by atoms with van der Waals surface area (Å²) in [5, 5.41) is 7.89. The average molecular weight is 266 g/mol. The van der Waals surface area contributed by atoms with Gasteiger partial charge < -0.3 is 14.0 Å². The van der Waals surface area contributed by atoms with E-state index in [9.17, 15) is 0 Å². The standard InChI is InChI=1S/C12H14N2O3S/c1-2-10(16-4-1)6-15-7-11-13-12(14-17-11)9-3-5-18-8-9/h3,5,8,10H,1-2,4,6-7H2/t10-/m1/s1. The third kappa shape index (κ3) is 2.77. The summed E-state index contributed by atoms with van der Waals surface area (Å²) in [7, 11) is 0. The molecule has 1 atom stereocenters. The molecule has 0 unspecified atom stereocenters. The van der Waals surface area contributed by atoms with Crippen molar-refractivity contribution < 1.29 is 14.0 Å². The van der Waals surface area contributed by atoms with Crippen LogP contribution in [0.1, 0.15) is 18.7 Å². The summed E-state index contributed by atoms with van der Waals surface area (Å²) in [4.78, 5) is 4.28. The number of thiophene rings is 1. The van der Waals surface area contributed by atoms with E-state index in [0.717, 1.165) is 25.0 Å². The molecule has 0 spiro atoms. The van der Waals surface area contributed by atoms with Gasteiger partial charge in [-0.25, -0.2) is 0 Å². The molecule has 3 heterocycles. The van der Waals surface area contributed by atoms with Gasteiger partial charge in [0.05, 0.1) is 12.7 Å². The second-order valence-corrected chi connectivity index (χ2v) is 4.95. The van der Waals surface area contributed by atoms with E-state index < -0.39 is 0 Å². The lowest BCUT2D eigenvalue weighted by atomic mass is 10.2. The summed E-state index contributed by atoms with van der Waals surface area (Å²) in [6.45, 7) is 1.78. The smallest absolute Gasteiger partial charge is 0.252 e. The molecule has 1 aliphatic heterocycles. The van der Waals surface area contributed by atoms with Crippen LogP contribution in [0.3, 0.4) is 0 Å². The minimum atomic E-state index is 0.226. The molecule has 0 radical (unpaired) electrons. The highest BCUT2D eigenvalue weighted by Crippen LogP contribution is 2.19. The van der Waals surface area contributed by atoms with Gasteiger partial charge in [0.25, 0.3) is 5.89 Å². The van der Waals surface area contributed by atoms with Crippen molar-refractivity contribution in [1.82, 2.24) is 10.1 Å². The Bertz CT molecular complexity index is 477. The van der Waals surface area contributed by atoms with Crippen molar-refractivity contribution in [3.63, 3.8) is 0 Å². The lowest BCUT2D eigenvalue weighted by molar-refractivity contribution is 0.00325. The van der Waals surface area contributed by atoms with Gasteiger partial charge in [-0.15, -0.1) is 0 Å². The van der Waals surface area contributed by atoms with Crippen LogP contribution in [0.5, 0.6) is 0 Å². The molecule has 1 saturated heterocycles. The fraction of sp³-hybridized carbons (Fsp3) is 0.500. The lowest BCUT2D eigenvalue weighted by Gasteiger charge is -2.07. The number of rotatable bonds is 5. The molecule has 3 rings (SSSR count). The largest absolute Gasteiger partial charge is 0.376 e. The highest BCUT2D eigenvalue weighted by atomic mass is 32.1. The molecule has 0 amide bonds. The maximum atomic E-state index is 5.52. The molecule has 5 nitrogen and oxygen atoms in total. The Labute approximate surface area is 109 Å². The quantitative estimate of drug-likeness (QED) is 0.832. The predicted molar refractivity (Wildman–Crippen MR) is 66.2 cm³/mol. The van der Waals surface area contributed by atoms with E-state index >= 15 is 0 Å². The molecule has 0 saturated carbocycles. The summed E-state index contributed by atoms with van der Waals surface area (Å²) in [6.07, 6.45) is 2.42. The third-order valence-corrected chi connectivity index (χ3v) is 3.48. The van der Waals surface area contributed by atoms with Crippen LogP contribution in [-0.4, -0.2) is 29.5 Å². The zero-order chi connectivity index (χ0) is 12.2. The Morgan fingerprint density at radius 1 is 1.50 bits per heavy atom. The van der Waals surface area contributed by atoms with Gasteiger partial charge in [-0.05, 0) is 24.3 Å². The number of hydrogen-bond donors (Lipinski definition) is 0. The first-order valence-electron chi connectivity index (χ1n) is 5.96. The van der Waals surface area contributed by atoms with E-state index in [1.165, 1.54) is 0 Å². The highest BCUT2D eigenvalue weighted by Gasteiger charge is 2.16. The molecule has 6 heteroatoms. The molecular weight excluding hydrogens is 252 g/mol. The van der Waals surface area contributed by atoms with Crippen molar-refractivity contribution in [3.05, 3.63) is 22.7 Å². The molecule has 1 aliphatic rings. The van der Waals surface area contributed by atoms with Crippen molar-refractivity contribution in [3.8, 4) is 11.4 Å². The third-order valence-electron chi connectivity index (χ3n) is 2.80. The summed E-state index contributed by atoms with van der Waals surface area (Å²) >= 11 is 1.61. The van der Waals surface area contributed by atoms with Crippen LogP contribution in [0.2, 0.25) is 0 Å². The molecule has 2 aromatic rings. The zero-order valence-electron chi connectivity index (χ0n) is 9.87. The molecular formula is C12H14N2O3S. The second-order valence-electron chi connectivity index (χ2n) is 4.17. The van der Waals surface area contributed by atoms with Crippen molar-refractivity contribution in [2.75, 3.05) is 13.2 Å². The van der Waals surface area contributed by atoms with Crippen molar-refractivity contribution in [1.29, 1.82) is 0 Å². The molecule has 0 aromatic carbocycles. The maximum absolute atomic E-state index is 5.52. The van der Waals surface area contributed by atoms with Crippen LogP contribution in [-0.2, 0) is 16.1 Å². The van der Waals surface area contributed by atoms with Gasteiger partial charge in [0.2, 0.25) is 5.82 Å². The minimum Gasteiger partial charge on any atom is -0.376 e. The van der Waals surface area contributed by atoms with Crippen LogP contribution in [0, 0.1) is 0 Å². The van der Waals surface area contributed by atoms with Gasteiger partial charge in [0.1, 0.15) is 6.61 Å². The van der Waals surface area contributed by atoms with Crippen LogP contribution in [0.15, 0.2) is 21.3 Å². The Balaban J connectivity index is 1.51. The van der Waals surface area contributed by atoms with E-state index in [1.54, 1.807) is 11.3 Å². The molecule has 1 fully saturated rings. The van der Waals surface area contributed by atoms with E-state index in [0.29, 0.717) is 24.9 Å². The first-order chi connectivity index (χ1) is 8.92. The minimum absolute atomic E-state index is 0.226. The zero-order valence-corrected chi connectivity index (χ0v) is 10.7. The van der Waals surface area contributed by atoms with Crippen LogP contribution in [0.4, 0.5) is 0 Å². The van der Waals surface area contributed by atoms with Gasteiger partial charge in [-0.1, -0.05) is 5.16 Å². The summed E-state index contributed by atoms with van der Waals surface area (Å²) in [6, 6.07) is 1.96. The van der Waals surface area contributed by atoms with E-state index in [-0.39, 0.29) is 6.10 Å². The Morgan fingerprint density at radius 3 is 3.28 bits per heavy atom. The van der Waals surface area contributed by atoms with E-state index in [4.69, 9.17) is 14.0 Å². The Hall–Kier alpha value is -1.24. The number of nitrogens with zero attached hydrogens (tertiary/aromatic N) is 2. The van der Waals surface area contributed by atoms with Crippen LogP contribution >= 0.6 is 11.3 Å². The number of hydrogen-bond acceptors (Lipinski definition) is 6. The second kappa shape index (κ2) is 5.60. The first kappa shape index (κ1) is 11.8. The van der Waals surface area contributed by atoms with Gasteiger partial charge in [-0.2, -0.15) is 16.3 Å². The fourth-order valence-electron chi connectivity index (χ4n) is 1.88. The van der Waals surface area contributed by atoms with Crippen LogP contribution in [0.25, 0.3) is 11.4 Å². The summed E-state index contributed by atoms with van der Waals surface area (Å²) < 4.78 is 16.1. The van der Waals surface area contributed by atoms with E-state index in [1.807, 2.05) is 16.8 Å². The van der Waals surface area contributed by atoms with E-state index in [2.05, 4.69) is 10.1 Å². The Morgan fingerprint density at radius 2 is 2.50 bits per heavy atom. The van der Waals surface area contributed by atoms with Crippen molar-refractivity contribution in [2.24, 2.45) is 0 Å². The first-order valence-corrected chi connectivity index (χ1v) is 6.90. The molecule has 0 N–H and O–H groups in total. The lowest BCUT2D eigenvalue weighted by Crippen LogP contribution is -2.13. The van der Waals surface area contributed by atoms with Gasteiger partial charge >= 0.3 is 0 Å². The fourth-order valence-corrected chi connectivity index (χ4v) is 2.51. The highest BCUT2D eigenvalue weighted by molar-refractivity contribution is 7.08. The molecule has 18 heavy (non-hydrogen) atoms. The number of ether oxygens (including phenoxy) is 2. The average Bonchev–Trinajstić information content (AvgIpc) is 3.12. The van der Waals surface area contributed by atoms with Crippen molar-refractivity contribution in [2.45, 2.75) is 25.6 Å². The van der Waals surface area contributed by atoms with Gasteiger partial charge in [0, 0.05) is 17.6 Å². The monoisotopic (exact) mass is 266 g/mol. The summed E-state index contributed by atoms with van der Waals surface area (Å²) in [5.74, 6) is 1.13. The van der Waals surface area contributed by atoms with Gasteiger partial charge in [0.15, 0.2) is 0 Å². The van der Waals surface area contributed by atoms with Gasteiger partial charge in [-0.3, -0.25) is 0 Å². The normalized spacial score (nSPS) is 19.4.